The Balaban J connectivity index is 2.30. The molecule has 26 heavy (non-hydrogen) atoms. The Morgan fingerprint density at radius 2 is 1.46 bits per heavy atom. The molecule has 0 aliphatic rings. The summed E-state index contributed by atoms with van der Waals surface area (Å²) in [5.74, 6) is -0.914. The van der Waals surface area contributed by atoms with Crippen LogP contribution < -0.4 is 19.6 Å². The predicted octanol–water partition coefficient (Wildman–Crippen LogP) is 2.60. The lowest BCUT2D eigenvalue weighted by Crippen LogP contribution is -2.02. The molecule has 3 N–H and O–H groups in total. The van der Waals surface area contributed by atoms with E-state index in [2.05, 4.69) is 0 Å². The summed E-state index contributed by atoms with van der Waals surface area (Å²) in [6.45, 7) is 0. The van der Waals surface area contributed by atoms with Gasteiger partial charge in [0.2, 0.25) is 11.5 Å². The van der Waals surface area contributed by atoms with Crippen LogP contribution in [0.3, 0.4) is 0 Å². The van der Waals surface area contributed by atoms with Crippen LogP contribution in [0.1, 0.15) is 0 Å². The third-order valence-electron chi connectivity index (χ3n) is 3.90. The molecular formula is C18H16O8. The van der Waals surface area contributed by atoms with Gasteiger partial charge in [-0.05, 0) is 12.1 Å². The Morgan fingerprint density at radius 3 is 2.00 bits per heavy atom. The summed E-state index contributed by atoms with van der Waals surface area (Å²) in [4.78, 5) is 12.5. The number of aromatic hydroxyl groups is 3. The van der Waals surface area contributed by atoms with Gasteiger partial charge >= 0.3 is 0 Å². The number of rotatable bonds is 4. The number of ether oxygens (including phenoxy) is 3. The molecule has 2 aromatic carbocycles. The molecule has 1 aromatic heterocycles. The summed E-state index contributed by atoms with van der Waals surface area (Å²) in [6.07, 6.45) is 0. The van der Waals surface area contributed by atoms with Gasteiger partial charge in [0.25, 0.3) is 0 Å². The average molecular weight is 360 g/mol. The van der Waals surface area contributed by atoms with Crippen LogP contribution in [0.2, 0.25) is 0 Å². The summed E-state index contributed by atoms with van der Waals surface area (Å²) in [7, 11) is 4.00. The topological polar surface area (TPSA) is 119 Å². The lowest BCUT2D eigenvalue weighted by atomic mass is 10.1. The van der Waals surface area contributed by atoms with Crippen molar-refractivity contribution in [2.24, 2.45) is 0 Å². The molecule has 3 rings (SSSR count). The van der Waals surface area contributed by atoms with Crippen LogP contribution in [-0.2, 0) is 0 Å². The number of benzene rings is 2. The largest absolute Gasteiger partial charge is 0.504 e. The van der Waals surface area contributed by atoms with Crippen molar-refractivity contribution in [3.05, 3.63) is 34.5 Å². The zero-order valence-corrected chi connectivity index (χ0v) is 14.2. The van der Waals surface area contributed by atoms with E-state index >= 15 is 0 Å². The number of methoxy groups -OCH3 is 3. The zero-order valence-electron chi connectivity index (χ0n) is 14.2. The van der Waals surface area contributed by atoms with E-state index in [1.165, 1.54) is 45.6 Å². The van der Waals surface area contributed by atoms with Gasteiger partial charge in [-0.2, -0.15) is 0 Å². The fourth-order valence-electron chi connectivity index (χ4n) is 2.65. The van der Waals surface area contributed by atoms with Crippen molar-refractivity contribution >= 4 is 11.0 Å². The number of phenolic OH excluding ortho intramolecular Hbond substituents is 3. The first-order chi connectivity index (χ1) is 12.4. The van der Waals surface area contributed by atoms with E-state index in [-0.39, 0.29) is 45.5 Å². The van der Waals surface area contributed by atoms with Gasteiger partial charge in [0.05, 0.1) is 21.3 Å². The fourth-order valence-corrected chi connectivity index (χ4v) is 2.65. The van der Waals surface area contributed by atoms with Gasteiger partial charge in [-0.15, -0.1) is 0 Å². The fraction of sp³-hybridized carbons (Fsp3) is 0.167. The van der Waals surface area contributed by atoms with E-state index in [0.29, 0.717) is 5.56 Å². The number of phenols is 3. The van der Waals surface area contributed by atoms with Gasteiger partial charge in [-0.1, -0.05) is 0 Å². The highest BCUT2D eigenvalue weighted by Gasteiger charge is 2.20. The Kier molecular flexibility index (Phi) is 4.25. The van der Waals surface area contributed by atoms with E-state index in [4.69, 9.17) is 18.6 Å². The van der Waals surface area contributed by atoms with Gasteiger partial charge in [-0.3, -0.25) is 4.79 Å². The van der Waals surface area contributed by atoms with Crippen molar-refractivity contribution in [2.75, 3.05) is 21.3 Å². The highest BCUT2D eigenvalue weighted by atomic mass is 16.5. The first-order valence-electron chi connectivity index (χ1n) is 7.43. The molecule has 0 saturated heterocycles. The second kappa shape index (κ2) is 6.40. The van der Waals surface area contributed by atoms with Gasteiger partial charge in [0.15, 0.2) is 28.4 Å². The molecule has 0 aliphatic heterocycles. The molecule has 8 nitrogen and oxygen atoms in total. The van der Waals surface area contributed by atoms with Crippen LogP contribution >= 0.6 is 0 Å². The first kappa shape index (κ1) is 17.3. The van der Waals surface area contributed by atoms with E-state index in [9.17, 15) is 20.1 Å². The third kappa shape index (κ3) is 2.61. The standard InChI is InChI=1S/C18H16O8/c1-23-13-4-8(5-14(24-2)16(13)21)11-6-9(19)15-12(26-11)7-10(20)18(25-3)17(15)22/h4-7,20-22H,1-3H3. The molecule has 136 valence electrons. The van der Waals surface area contributed by atoms with Crippen LogP contribution in [0.15, 0.2) is 33.5 Å². The molecule has 3 aromatic rings. The van der Waals surface area contributed by atoms with E-state index in [0.717, 1.165) is 0 Å². The molecule has 0 fully saturated rings. The maximum absolute atomic E-state index is 12.5. The van der Waals surface area contributed by atoms with Crippen molar-refractivity contribution in [3.63, 3.8) is 0 Å². The molecular weight excluding hydrogens is 344 g/mol. The smallest absolute Gasteiger partial charge is 0.203 e. The second-order valence-electron chi connectivity index (χ2n) is 5.35. The summed E-state index contributed by atoms with van der Waals surface area (Å²) in [5.41, 5.74) is -0.178. The molecule has 0 amide bonds. The van der Waals surface area contributed by atoms with Crippen molar-refractivity contribution in [2.45, 2.75) is 0 Å². The quantitative estimate of drug-likeness (QED) is 0.650. The Bertz CT molecular complexity index is 1030. The molecule has 0 unspecified atom stereocenters. The molecule has 0 saturated carbocycles. The number of hydrogen-bond acceptors (Lipinski definition) is 8. The summed E-state index contributed by atoms with van der Waals surface area (Å²) < 4.78 is 20.7. The van der Waals surface area contributed by atoms with Crippen LogP contribution in [0.5, 0.6) is 34.5 Å². The van der Waals surface area contributed by atoms with Crippen molar-refractivity contribution in [3.8, 4) is 45.8 Å². The molecule has 0 aliphatic carbocycles. The Morgan fingerprint density at radius 1 is 0.846 bits per heavy atom. The molecule has 8 heteroatoms. The van der Waals surface area contributed by atoms with Crippen molar-refractivity contribution in [1.82, 2.24) is 0 Å². The minimum absolute atomic E-state index is 0.0330. The maximum Gasteiger partial charge on any atom is 0.203 e. The predicted molar refractivity (Wildman–Crippen MR) is 92.6 cm³/mol. The summed E-state index contributed by atoms with van der Waals surface area (Å²) >= 11 is 0. The molecule has 0 bridgehead atoms. The minimum atomic E-state index is -0.539. The summed E-state index contributed by atoms with van der Waals surface area (Å²) in [6, 6.07) is 5.27. The lowest BCUT2D eigenvalue weighted by Gasteiger charge is -2.12. The van der Waals surface area contributed by atoms with E-state index in [1.54, 1.807) is 0 Å². The molecule has 0 radical (unpaired) electrons. The van der Waals surface area contributed by atoms with Crippen LogP contribution in [0, 0.1) is 0 Å². The van der Waals surface area contributed by atoms with Gasteiger partial charge in [0.1, 0.15) is 16.7 Å². The van der Waals surface area contributed by atoms with Crippen LogP contribution in [-0.4, -0.2) is 36.6 Å². The molecule has 0 spiro atoms. The molecule has 1 heterocycles. The number of hydrogen-bond donors (Lipinski definition) is 3. The zero-order chi connectivity index (χ0) is 19.0. The van der Waals surface area contributed by atoms with Crippen molar-refractivity contribution in [1.29, 1.82) is 0 Å². The van der Waals surface area contributed by atoms with E-state index in [1.807, 2.05) is 0 Å². The van der Waals surface area contributed by atoms with Gasteiger partial charge < -0.3 is 33.9 Å². The molecule has 0 atom stereocenters. The van der Waals surface area contributed by atoms with Crippen molar-refractivity contribution < 1.29 is 33.9 Å². The Hall–Kier alpha value is -3.55. The normalized spacial score (nSPS) is 10.7. The highest BCUT2D eigenvalue weighted by Crippen LogP contribution is 2.43. The monoisotopic (exact) mass is 360 g/mol. The number of fused-ring (bicyclic) bond motifs is 1. The third-order valence-corrected chi connectivity index (χ3v) is 3.90. The second-order valence-corrected chi connectivity index (χ2v) is 5.35. The SMILES string of the molecule is COc1cc(-c2cc(=O)c3c(O)c(OC)c(O)cc3o2)cc(OC)c1O. The first-order valence-corrected chi connectivity index (χ1v) is 7.43. The van der Waals surface area contributed by atoms with Gasteiger partial charge in [0, 0.05) is 17.7 Å². The van der Waals surface area contributed by atoms with Crippen LogP contribution in [0.25, 0.3) is 22.3 Å². The Labute approximate surface area is 147 Å². The minimum Gasteiger partial charge on any atom is -0.504 e. The van der Waals surface area contributed by atoms with Crippen LogP contribution in [0.4, 0.5) is 0 Å². The average Bonchev–Trinajstić information content (AvgIpc) is 2.61. The highest BCUT2D eigenvalue weighted by molar-refractivity contribution is 5.89. The maximum atomic E-state index is 12.5. The van der Waals surface area contributed by atoms with Gasteiger partial charge in [-0.25, -0.2) is 0 Å². The lowest BCUT2D eigenvalue weighted by molar-refractivity contribution is 0.340. The van der Waals surface area contributed by atoms with E-state index < -0.39 is 11.2 Å². The summed E-state index contributed by atoms with van der Waals surface area (Å²) in [5, 5.41) is 29.9.